The Hall–Kier alpha value is -1.90. The molecule has 0 aromatic carbocycles. The van der Waals surface area contributed by atoms with Crippen molar-refractivity contribution >= 4 is 23.7 Å². The molecule has 2 aromatic heterocycles. The lowest BCUT2D eigenvalue weighted by Crippen LogP contribution is -2.12. The van der Waals surface area contributed by atoms with Crippen LogP contribution in [0.5, 0.6) is 0 Å². The molecule has 1 aliphatic rings. The fourth-order valence-corrected chi connectivity index (χ4v) is 3.37. The molecule has 136 valence electrons. The summed E-state index contributed by atoms with van der Waals surface area (Å²) in [7, 11) is 0. The summed E-state index contributed by atoms with van der Waals surface area (Å²) in [4.78, 5) is 12.8. The number of nitrogens with one attached hydrogen (secondary N) is 1. The predicted octanol–water partition coefficient (Wildman–Crippen LogP) is 3.06. The third-order valence-electron chi connectivity index (χ3n) is 4.01. The molecule has 0 spiro atoms. The zero-order valence-corrected chi connectivity index (χ0v) is 15.5. The highest BCUT2D eigenvalue weighted by Crippen LogP contribution is 2.24. The maximum absolute atomic E-state index is 5.83. The summed E-state index contributed by atoms with van der Waals surface area (Å²) in [5.74, 6) is 2.20. The molecule has 0 bridgehead atoms. The van der Waals surface area contributed by atoms with Crippen LogP contribution >= 0.6 is 11.8 Å². The van der Waals surface area contributed by atoms with Gasteiger partial charge in [0.05, 0.1) is 0 Å². The molecule has 3 rings (SSSR count). The maximum Gasteiger partial charge on any atom is 0.243 e. The Morgan fingerprint density at radius 2 is 1.96 bits per heavy atom. The lowest BCUT2D eigenvalue weighted by molar-refractivity contribution is 0.626. The summed E-state index contributed by atoms with van der Waals surface area (Å²) >= 11 is 1.68. The number of nitrogen functional groups attached to an aromatic ring is 1. The second-order valence-corrected chi connectivity index (χ2v) is 7.40. The number of nitrogens with two attached hydrogens (primary N) is 1. The number of hydrogen-bond acceptors (Lipinski definition) is 8. The van der Waals surface area contributed by atoms with E-state index in [0.29, 0.717) is 17.9 Å². The van der Waals surface area contributed by atoms with Crippen molar-refractivity contribution in [2.45, 2.75) is 69.5 Å². The van der Waals surface area contributed by atoms with E-state index < -0.39 is 0 Å². The Kier molecular flexibility index (Phi) is 6.43. The zero-order chi connectivity index (χ0) is 17.5. The summed E-state index contributed by atoms with van der Waals surface area (Å²) in [6, 6.07) is 0.456. The quantitative estimate of drug-likeness (QED) is 0.464. The van der Waals surface area contributed by atoms with Gasteiger partial charge in [0.15, 0.2) is 5.16 Å². The molecule has 2 heterocycles. The van der Waals surface area contributed by atoms with E-state index in [1.807, 2.05) is 0 Å². The summed E-state index contributed by atoms with van der Waals surface area (Å²) in [6.45, 7) is 2.24. The van der Waals surface area contributed by atoms with Gasteiger partial charge in [0, 0.05) is 11.8 Å². The minimum atomic E-state index is 0.203. The van der Waals surface area contributed by atoms with E-state index >= 15 is 0 Å². The first-order valence-corrected chi connectivity index (χ1v) is 10.1. The summed E-state index contributed by atoms with van der Waals surface area (Å²) < 4.78 is 1.78. The number of aromatic nitrogens is 6. The number of hydrogen-bond donors (Lipinski definition) is 2. The minimum absolute atomic E-state index is 0.203. The molecule has 0 aliphatic heterocycles. The Bertz CT molecular complexity index is 670. The monoisotopic (exact) mass is 362 g/mol. The molecule has 1 aliphatic carbocycles. The Balaban J connectivity index is 1.56. The minimum Gasteiger partial charge on any atom is -0.368 e. The van der Waals surface area contributed by atoms with Crippen molar-refractivity contribution in [3.8, 4) is 5.95 Å². The second-order valence-electron chi connectivity index (χ2n) is 6.34. The van der Waals surface area contributed by atoms with Crippen LogP contribution in [-0.2, 0) is 0 Å². The van der Waals surface area contributed by atoms with Crippen molar-refractivity contribution in [2.75, 3.05) is 16.8 Å². The van der Waals surface area contributed by atoms with E-state index in [2.05, 4.69) is 37.4 Å². The highest BCUT2D eigenvalue weighted by atomic mass is 32.2. The summed E-state index contributed by atoms with van der Waals surface area (Å²) in [5.41, 5.74) is 5.83. The standard InChI is InChI=1S/C16H26N8S/c1-2-3-4-5-6-7-10-25-16-23-18-11-24(16)15-21-13(17)20-14(22-15)19-12-8-9-12/h11-12H,2-10H2,1H3,(H3,17,19,20,21,22). The van der Waals surface area contributed by atoms with Gasteiger partial charge in [-0.15, -0.1) is 10.2 Å². The van der Waals surface area contributed by atoms with Crippen LogP contribution in [0.3, 0.4) is 0 Å². The van der Waals surface area contributed by atoms with E-state index in [1.54, 1.807) is 22.7 Å². The van der Waals surface area contributed by atoms with Gasteiger partial charge in [0.2, 0.25) is 17.8 Å². The molecule has 0 saturated heterocycles. The topological polar surface area (TPSA) is 107 Å². The van der Waals surface area contributed by atoms with Crippen molar-refractivity contribution in [3.63, 3.8) is 0 Å². The van der Waals surface area contributed by atoms with Gasteiger partial charge >= 0.3 is 0 Å². The first kappa shape index (κ1) is 17.9. The Labute approximate surface area is 152 Å². The average molecular weight is 363 g/mol. The van der Waals surface area contributed by atoms with E-state index in [0.717, 1.165) is 23.8 Å². The summed E-state index contributed by atoms with van der Waals surface area (Å²) in [5, 5.41) is 12.2. The van der Waals surface area contributed by atoms with Gasteiger partial charge in [-0.25, -0.2) is 4.57 Å². The van der Waals surface area contributed by atoms with Crippen LogP contribution in [0.4, 0.5) is 11.9 Å². The smallest absolute Gasteiger partial charge is 0.243 e. The second kappa shape index (κ2) is 8.98. The van der Waals surface area contributed by atoms with Crippen LogP contribution in [0.15, 0.2) is 11.5 Å². The van der Waals surface area contributed by atoms with Crippen LogP contribution < -0.4 is 11.1 Å². The van der Waals surface area contributed by atoms with E-state index in [-0.39, 0.29) is 5.95 Å². The van der Waals surface area contributed by atoms with Crippen LogP contribution in [-0.4, -0.2) is 41.5 Å². The van der Waals surface area contributed by atoms with Crippen molar-refractivity contribution in [3.05, 3.63) is 6.33 Å². The first-order valence-electron chi connectivity index (χ1n) is 9.07. The molecule has 1 saturated carbocycles. The molecule has 0 unspecified atom stereocenters. The molecule has 9 heteroatoms. The highest BCUT2D eigenvalue weighted by molar-refractivity contribution is 7.99. The van der Waals surface area contributed by atoms with Crippen LogP contribution in [0.25, 0.3) is 5.95 Å². The van der Waals surface area contributed by atoms with Crippen molar-refractivity contribution in [2.24, 2.45) is 0 Å². The largest absolute Gasteiger partial charge is 0.368 e. The number of thioether (sulfide) groups is 1. The van der Waals surface area contributed by atoms with E-state index in [4.69, 9.17) is 5.73 Å². The molecular formula is C16H26N8S. The number of anilines is 2. The third kappa shape index (κ3) is 5.55. The van der Waals surface area contributed by atoms with Gasteiger partial charge in [-0.3, -0.25) is 0 Å². The molecule has 0 amide bonds. The van der Waals surface area contributed by atoms with Crippen LogP contribution in [0, 0.1) is 0 Å². The fourth-order valence-electron chi connectivity index (χ4n) is 2.47. The van der Waals surface area contributed by atoms with Gasteiger partial charge in [-0.1, -0.05) is 50.8 Å². The molecule has 1 fully saturated rings. The van der Waals surface area contributed by atoms with Crippen LogP contribution in [0.2, 0.25) is 0 Å². The molecule has 3 N–H and O–H groups in total. The lowest BCUT2D eigenvalue weighted by atomic mass is 10.1. The normalized spacial score (nSPS) is 14.0. The first-order chi connectivity index (χ1) is 12.3. The molecule has 25 heavy (non-hydrogen) atoms. The summed E-state index contributed by atoms with van der Waals surface area (Å²) in [6.07, 6.45) is 11.6. The van der Waals surface area contributed by atoms with Gasteiger partial charge < -0.3 is 11.1 Å². The van der Waals surface area contributed by atoms with Gasteiger partial charge in [-0.05, 0) is 19.3 Å². The van der Waals surface area contributed by atoms with Gasteiger partial charge in [0.1, 0.15) is 6.33 Å². The number of nitrogens with zero attached hydrogens (tertiary/aromatic N) is 6. The van der Waals surface area contributed by atoms with E-state index in [9.17, 15) is 0 Å². The van der Waals surface area contributed by atoms with Crippen molar-refractivity contribution in [1.29, 1.82) is 0 Å². The van der Waals surface area contributed by atoms with Gasteiger partial charge in [-0.2, -0.15) is 15.0 Å². The molecule has 0 radical (unpaired) electrons. The predicted molar refractivity (Wildman–Crippen MR) is 99.9 cm³/mol. The number of unbranched alkanes of at least 4 members (excludes halogenated alkanes) is 5. The van der Waals surface area contributed by atoms with Crippen LogP contribution in [0.1, 0.15) is 58.3 Å². The van der Waals surface area contributed by atoms with Crippen molar-refractivity contribution < 1.29 is 0 Å². The highest BCUT2D eigenvalue weighted by Gasteiger charge is 2.23. The third-order valence-corrected chi connectivity index (χ3v) is 5.04. The molecule has 8 nitrogen and oxygen atoms in total. The molecular weight excluding hydrogens is 336 g/mol. The number of rotatable bonds is 11. The fraction of sp³-hybridized carbons (Fsp3) is 0.688. The lowest BCUT2D eigenvalue weighted by Gasteiger charge is -2.08. The average Bonchev–Trinajstić information content (AvgIpc) is 3.27. The SMILES string of the molecule is CCCCCCCCSc1nncn1-c1nc(N)nc(NC2CC2)n1. The Morgan fingerprint density at radius 1 is 1.16 bits per heavy atom. The maximum atomic E-state index is 5.83. The van der Waals surface area contributed by atoms with Gasteiger partial charge in [0.25, 0.3) is 0 Å². The van der Waals surface area contributed by atoms with Crippen molar-refractivity contribution in [1.82, 2.24) is 29.7 Å². The molecule has 2 aromatic rings. The zero-order valence-electron chi connectivity index (χ0n) is 14.7. The van der Waals surface area contributed by atoms with E-state index in [1.165, 1.54) is 38.5 Å². The molecule has 0 atom stereocenters. The Morgan fingerprint density at radius 3 is 2.76 bits per heavy atom.